The Bertz CT molecular complexity index is 884. The number of nitrogens with two attached hydrogens (primary N) is 1. The number of aromatic nitrogens is 3. The van der Waals surface area contributed by atoms with Crippen LogP contribution in [0.4, 0.5) is 0 Å². The zero-order chi connectivity index (χ0) is 17.8. The summed E-state index contributed by atoms with van der Waals surface area (Å²) in [5, 5.41) is 4.00. The van der Waals surface area contributed by atoms with Crippen LogP contribution in [0.15, 0.2) is 53.3 Å². The second-order valence-electron chi connectivity index (χ2n) is 6.52. The molecule has 0 bridgehead atoms. The molecule has 4 rings (SSSR count). The molecule has 2 aromatic heterocycles. The molecule has 1 aliphatic carbocycles. The number of pyridine rings is 1. The molecular formula is C20H20N4O2. The van der Waals surface area contributed by atoms with Gasteiger partial charge in [0.1, 0.15) is 12.4 Å². The Morgan fingerprint density at radius 3 is 2.69 bits per heavy atom. The van der Waals surface area contributed by atoms with E-state index in [2.05, 4.69) is 15.1 Å². The van der Waals surface area contributed by atoms with Crippen LogP contribution >= 0.6 is 0 Å². The van der Waals surface area contributed by atoms with Crippen LogP contribution in [0.1, 0.15) is 42.1 Å². The summed E-state index contributed by atoms with van der Waals surface area (Å²) in [6.07, 6.45) is 10.2. The molecule has 2 heterocycles. The van der Waals surface area contributed by atoms with E-state index in [1.165, 1.54) is 0 Å². The largest absolute Gasteiger partial charge is 0.489 e. The fourth-order valence-corrected chi connectivity index (χ4v) is 2.78. The van der Waals surface area contributed by atoms with Gasteiger partial charge in [0.25, 0.3) is 5.89 Å². The summed E-state index contributed by atoms with van der Waals surface area (Å²) in [6.45, 7) is 0.495. The third kappa shape index (κ3) is 3.65. The zero-order valence-corrected chi connectivity index (χ0v) is 14.3. The average Bonchev–Trinajstić information content (AvgIpc) is 3.14. The molecule has 2 N–H and O–H groups in total. The van der Waals surface area contributed by atoms with Gasteiger partial charge in [-0.1, -0.05) is 23.4 Å². The number of ether oxygens (including phenoxy) is 1. The number of nitrogens with zero attached hydrogens (tertiary/aromatic N) is 3. The van der Waals surface area contributed by atoms with Gasteiger partial charge in [-0.15, -0.1) is 0 Å². The predicted octanol–water partition coefficient (Wildman–Crippen LogP) is 3.55. The highest BCUT2D eigenvalue weighted by Gasteiger charge is 2.38. The van der Waals surface area contributed by atoms with Gasteiger partial charge in [0.05, 0.1) is 5.54 Å². The first-order chi connectivity index (χ1) is 12.7. The molecule has 6 nitrogen and oxygen atoms in total. The Morgan fingerprint density at radius 1 is 1.15 bits per heavy atom. The van der Waals surface area contributed by atoms with Crippen molar-refractivity contribution in [1.82, 2.24) is 15.1 Å². The van der Waals surface area contributed by atoms with Gasteiger partial charge in [-0.3, -0.25) is 4.98 Å². The summed E-state index contributed by atoms with van der Waals surface area (Å²) in [6, 6.07) is 11.7. The zero-order valence-electron chi connectivity index (χ0n) is 14.3. The van der Waals surface area contributed by atoms with Crippen LogP contribution in [-0.2, 0) is 12.1 Å². The molecule has 26 heavy (non-hydrogen) atoms. The standard InChI is InChI=1S/C20H20N4O2/c21-20(10-2-11-20)19-23-18(26-24-19)9-6-15-4-7-17(8-5-15)25-14-16-3-1-12-22-13-16/h1,3-9,12-13H,2,10-11,14,21H2/b9-6+. The van der Waals surface area contributed by atoms with Gasteiger partial charge in [-0.05, 0) is 49.1 Å². The number of rotatable bonds is 6. The fraction of sp³-hybridized carbons (Fsp3) is 0.250. The SMILES string of the molecule is NC1(c2noc(/C=C/c3ccc(OCc4cccnc4)cc3)n2)CCC1. The minimum absolute atomic E-state index is 0.400. The van der Waals surface area contributed by atoms with E-state index >= 15 is 0 Å². The van der Waals surface area contributed by atoms with E-state index in [0.29, 0.717) is 18.3 Å². The highest BCUT2D eigenvalue weighted by molar-refractivity contribution is 5.66. The summed E-state index contributed by atoms with van der Waals surface area (Å²) >= 11 is 0. The molecule has 0 radical (unpaired) electrons. The molecule has 6 heteroatoms. The van der Waals surface area contributed by atoms with E-state index in [1.54, 1.807) is 18.5 Å². The lowest BCUT2D eigenvalue weighted by atomic mass is 9.77. The van der Waals surface area contributed by atoms with Crippen molar-refractivity contribution in [2.75, 3.05) is 0 Å². The minimum atomic E-state index is -0.400. The van der Waals surface area contributed by atoms with Crippen LogP contribution < -0.4 is 10.5 Å². The lowest BCUT2D eigenvalue weighted by Gasteiger charge is -2.34. The van der Waals surface area contributed by atoms with E-state index < -0.39 is 5.54 Å². The topological polar surface area (TPSA) is 87.1 Å². The van der Waals surface area contributed by atoms with Crippen LogP contribution in [0.2, 0.25) is 0 Å². The predicted molar refractivity (Wildman–Crippen MR) is 98.0 cm³/mol. The lowest BCUT2D eigenvalue weighted by Crippen LogP contribution is -2.44. The maximum atomic E-state index is 6.20. The van der Waals surface area contributed by atoms with E-state index in [9.17, 15) is 0 Å². The Hall–Kier alpha value is -2.99. The first kappa shape index (κ1) is 16.5. The van der Waals surface area contributed by atoms with Crippen molar-refractivity contribution >= 4 is 12.2 Å². The molecule has 1 aliphatic rings. The van der Waals surface area contributed by atoms with Crippen LogP contribution in [0, 0.1) is 0 Å². The lowest BCUT2D eigenvalue weighted by molar-refractivity contribution is 0.229. The molecule has 0 aliphatic heterocycles. The van der Waals surface area contributed by atoms with Gasteiger partial charge in [-0.25, -0.2) is 0 Å². The monoisotopic (exact) mass is 348 g/mol. The Labute approximate surface area is 151 Å². The molecule has 3 aromatic rings. The van der Waals surface area contributed by atoms with Gasteiger partial charge < -0.3 is 15.0 Å². The van der Waals surface area contributed by atoms with Crippen LogP contribution in [-0.4, -0.2) is 15.1 Å². The van der Waals surface area contributed by atoms with Crippen molar-refractivity contribution in [1.29, 1.82) is 0 Å². The minimum Gasteiger partial charge on any atom is -0.489 e. The smallest absolute Gasteiger partial charge is 0.250 e. The van der Waals surface area contributed by atoms with Crippen LogP contribution in [0.25, 0.3) is 12.2 Å². The van der Waals surface area contributed by atoms with E-state index in [1.807, 2.05) is 42.5 Å². The Morgan fingerprint density at radius 2 is 2.00 bits per heavy atom. The normalized spacial score (nSPS) is 15.7. The summed E-state index contributed by atoms with van der Waals surface area (Å²) in [5.74, 6) is 1.87. The molecule has 0 unspecified atom stereocenters. The molecule has 0 amide bonds. The maximum Gasteiger partial charge on any atom is 0.250 e. The first-order valence-electron chi connectivity index (χ1n) is 8.64. The van der Waals surface area contributed by atoms with Gasteiger partial charge in [0.2, 0.25) is 0 Å². The number of hydrogen-bond donors (Lipinski definition) is 1. The molecule has 1 saturated carbocycles. The summed E-state index contributed by atoms with van der Waals surface area (Å²) in [7, 11) is 0. The molecule has 0 atom stereocenters. The van der Waals surface area contributed by atoms with Crippen molar-refractivity contribution < 1.29 is 9.26 Å². The van der Waals surface area contributed by atoms with Gasteiger partial charge in [0, 0.05) is 24.0 Å². The van der Waals surface area contributed by atoms with Crippen LogP contribution in [0.5, 0.6) is 5.75 Å². The number of hydrogen-bond acceptors (Lipinski definition) is 6. The van der Waals surface area contributed by atoms with E-state index in [-0.39, 0.29) is 0 Å². The molecule has 1 aromatic carbocycles. The van der Waals surface area contributed by atoms with Crippen LogP contribution in [0.3, 0.4) is 0 Å². The molecule has 1 fully saturated rings. The van der Waals surface area contributed by atoms with Gasteiger partial charge in [0.15, 0.2) is 5.82 Å². The second kappa shape index (κ2) is 7.09. The third-order valence-corrected chi connectivity index (χ3v) is 4.56. The number of benzene rings is 1. The van der Waals surface area contributed by atoms with Crippen molar-refractivity contribution in [3.63, 3.8) is 0 Å². The van der Waals surface area contributed by atoms with Crippen molar-refractivity contribution in [3.8, 4) is 5.75 Å². The summed E-state index contributed by atoms with van der Waals surface area (Å²) in [5.41, 5.74) is 7.86. The maximum absolute atomic E-state index is 6.20. The Kier molecular flexibility index (Phi) is 4.50. The Balaban J connectivity index is 1.36. The molecular weight excluding hydrogens is 328 g/mol. The molecule has 0 saturated heterocycles. The van der Waals surface area contributed by atoms with Gasteiger partial charge >= 0.3 is 0 Å². The van der Waals surface area contributed by atoms with Crippen molar-refractivity contribution in [3.05, 3.63) is 71.6 Å². The van der Waals surface area contributed by atoms with E-state index in [0.717, 1.165) is 36.1 Å². The molecule has 0 spiro atoms. The second-order valence-corrected chi connectivity index (χ2v) is 6.52. The molecule has 132 valence electrons. The summed E-state index contributed by atoms with van der Waals surface area (Å²) < 4.78 is 11.0. The van der Waals surface area contributed by atoms with Crippen molar-refractivity contribution in [2.24, 2.45) is 5.73 Å². The average molecular weight is 348 g/mol. The van der Waals surface area contributed by atoms with Gasteiger partial charge in [-0.2, -0.15) is 4.98 Å². The van der Waals surface area contributed by atoms with Crippen molar-refractivity contribution in [2.45, 2.75) is 31.4 Å². The summed E-state index contributed by atoms with van der Waals surface area (Å²) in [4.78, 5) is 8.45. The fourth-order valence-electron chi connectivity index (χ4n) is 2.78. The first-order valence-corrected chi connectivity index (χ1v) is 8.64. The quantitative estimate of drug-likeness (QED) is 0.733. The van der Waals surface area contributed by atoms with E-state index in [4.69, 9.17) is 15.0 Å². The highest BCUT2D eigenvalue weighted by Crippen LogP contribution is 2.36. The third-order valence-electron chi connectivity index (χ3n) is 4.56. The highest BCUT2D eigenvalue weighted by atomic mass is 16.5.